The van der Waals surface area contributed by atoms with Crippen LogP contribution in [-0.2, 0) is 9.53 Å². The number of rotatable bonds is 7. The van der Waals surface area contributed by atoms with Crippen LogP contribution in [0, 0.1) is 5.41 Å². The van der Waals surface area contributed by atoms with E-state index in [9.17, 15) is 22.8 Å². The van der Waals surface area contributed by atoms with Crippen molar-refractivity contribution < 1.29 is 37.0 Å². The van der Waals surface area contributed by atoms with Gasteiger partial charge in [0.1, 0.15) is 6.61 Å². The van der Waals surface area contributed by atoms with Crippen molar-refractivity contribution in [2.24, 2.45) is 5.41 Å². The van der Waals surface area contributed by atoms with Crippen molar-refractivity contribution in [3.63, 3.8) is 0 Å². The number of para-hydroxylation sites is 1. The molecule has 1 aliphatic rings. The van der Waals surface area contributed by atoms with Crippen LogP contribution in [0.15, 0.2) is 66.7 Å². The zero-order valence-electron chi connectivity index (χ0n) is 21.2. The summed E-state index contributed by atoms with van der Waals surface area (Å²) in [6.45, 7) is 5.76. The monoisotopic (exact) mass is 527 g/mol. The first-order chi connectivity index (χ1) is 17.9. The summed E-state index contributed by atoms with van der Waals surface area (Å²) in [5.74, 6) is -2.26. The molecule has 6 nitrogen and oxygen atoms in total. The molecule has 0 radical (unpaired) electrons. The number of esters is 1. The second-order valence-electron chi connectivity index (χ2n) is 10.2. The van der Waals surface area contributed by atoms with Gasteiger partial charge in [-0.05, 0) is 46.2 Å². The average molecular weight is 528 g/mol. The van der Waals surface area contributed by atoms with Crippen LogP contribution in [0.1, 0.15) is 50.7 Å². The second kappa shape index (κ2) is 10.8. The van der Waals surface area contributed by atoms with E-state index in [-0.39, 0.29) is 30.0 Å². The van der Waals surface area contributed by atoms with E-state index in [1.807, 2.05) is 69.3 Å². The predicted octanol–water partition coefficient (Wildman–Crippen LogP) is 7.68. The molecular formula is C29H28F3NO5. The van der Waals surface area contributed by atoms with Crippen molar-refractivity contribution in [3.05, 3.63) is 77.9 Å². The Morgan fingerprint density at radius 3 is 2.05 bits per heavy atom. The molecule has 1 N–H and O–H groups in total. The summed E-state index contributed by atoms with van der Waals surface area (Å²) in [5, 5.41) is 2.40. The number of carbonyl (C=O) groups is 2. The van der Waals surface area contributed by atoms with Crippen molar-refractivity contribution in [1.29, 1.82) is 0 Å². The maximum Gasteiger partial charge on any atom is 0.573 e. The van der Waals surface area contributed by atoms with Gasteiger partial charge in [0, 0.05) is 12.3 Å². The third-order valence-corrected chi connectivity index (χ3v) is 6.08. The molecule has 0 aliphatic heterocycles. The predicted molar refractivity (Wildman–Crippen MR) is 136 cm³/mol. The van der Waals surface area contributed by atoms with Crippen LogP contribution in [0.25, 0.3) is 11.1 Å². The molecule has 4 rings (SSSR count). The highest BCUT2D eigenvalue weighted by Crippen LogP contribution is 2.45. The highest BCUT2D eigenvalue weighted by atomic mass is 19.4. The van der Waals surface area contributed by atoms with Gasteiger partial charge < -0.3 is 14.2 Å². The van der Waals surface area contributed by atoms with Gasteiger partial charge in [0.25, 0.3) is 0 Å². The molecule has 0 saturated heterocycles. The number of alkyl halides is 3. The van der Waals surface area contributed by atoms with Crippen molar-refractivity contribution in [2.45, 2.75) is 45.9 Å². The number of benzene rings is 3. The molecule has 0 bridgehead atoms. The molecule has 9 heteroatoms. The second-order valence-corrected chi connectivity index (χ2v) is 10.2. The van der Waals surface area contributed by atoms with Crippen LogP contribution in [0.3, 0.4) is 0 Å². The maximum atomic E-state index is 13.0. The number of carbonyl (C=O) groups excluding carboxylic acids is 2. The standard InChI is InChI=1S/C29H28F3NO5/c1-28(2,3)16-15-25(34)37-26-23(13-8-14-24(26)38-29(30,31)32)33-27(35)36-17-22-20-11-6-4-9-18(20)19-10-5-7-12-21(19)22/h4-14,22H,15-17H2,1-3H3,(H,33,35). The minimum atomic E-state index is -5.03. The highest BCUT2D eigenvalue weighted by Gasteiger charge is 2.34. The Bertz CT molecular complexity index is 1280. The van der Waals surface area contributed by atoms with Crippen LogP contribution in [-0.4, -0.2) is 25.0 Å². The van der Waals surface area contributed by atoms with Crippen LogP contribution < -0.4 is 14.8 Å². The SMILES string of the molecule is CC(C)(C)CCC(=O)Oc1c(NC(=O)OCC2c3ccccc3-c3ccccc32)cccc1OC(F)(F)F. The third kappa shape index (κ3) is 6.65. The van der Waals surface area contributed by atoms with E-state index in [0.29, 0.717) is 6.42 Å². The van der Waals surface area contributed by atoms with Gasteiger partial charge in [0.2, 0.25) is 0 Å². The lowest BCUT2D eigenvalue weighted by Gasteiger charge is -2.19. The summed E-state index contributed by atoms with van der Waals surface area (Å²) in [5.41, 5.74) is 3.75. The summed E-state index contributed by atoms with van der Waals surface area (Å²) in [7, 11) is 0. The van der Waals surface area contributed by atoms with E-state index in [0.717, 1.165) is 28.3 Å². The van der Waals surface area contributed by atoms with E-state index in [1.54, 1.807) is 0 Å². The number of fused-ring (bicyclic) bond motifs is 3. The summed E-state index contributed by atoms with van der Waals surface area (Å²) in [4.78, 5) is 25.2. The zero-order chi connectivity index (χ0) is 27.5. The molecule has 1 amide bonds. The van der Waals surface area contributed by atoms with Crippen molar-refractivity contribution in [2.75, 3.05) is 11.9 Å². The Hall–Kier alpha value is -4.01. The van der Waals surface area contributed by atoms with E-state index < -0.39 is 29.9 Å². The average Bonchev–Trinajstić information content (AvgIpc) is 3.16. The number of halogens is 3. The van der Waals surface area contributed by atoms with E-state index >= 15 is 0 Å². The third-order valence-electron chi connectivity index (χ3n) is 6.08. The number of nitrogens with one attached hydrogen (secondary N) is 1. The van der Waals surface area contributed by atoms with Crippen LogP contribution in [0.5, 0.6) is 11.5 Å². The lowest BCUT2D eigenvalue weighted by atomic mass is 9.91. The van der Waals surface area contributed by atoms with Crippen LogP contribution in [0.2, 0.25) is 0 Å². The van der Waals surface area contributed by atoms with Gasteiger partial charge in [-0.25, -0.2) is 4.79 Å². The maximum absolute atomic E-state index is 13.0. The number of hydrogen-bond acceptors (Lipinski definition) is 5. The Morgan fingerprint density at radius 2 is 1.47 bits per heavy atom. The fourth-order valence-electron chi connectivity index (χ4n) is 4.31. The minimum absolute atomic E-state index is 0.000689. The number of hydrogen-bond donors (Lipinski definition) is 1. The number of ether oxygens (including phenoxy) is 3. The topological polar surface area (TPSA) is 73.9 Å². The molecular weight excluding hydrogens is 499 g/mol. The normalized spacial score (nSPS) is 12.9. The highest BCUT2D eigenvalue weighted by molar-refractivity contribution is 5.89. The van der Waals surface area contributed by atoms with Gasteiger partial charge in [0.15, 0.2) is 11.5 Å². The minimum Gasteiger partial charge on any atom is -0.448 e. The molecule has 0 fully saturated rings. The van der Waals surface area contributed by atoms with Crippen molar-refractivity contribution >= 4 is 17.7 Å². The lowest BCUT2D eigenvalue weighted by molar-refractivity contribution is -0.275. The molecule has 0 spiro atoms. The first-order valence-corrected chi connectivity index (χ1v) is 12.1. The van der Waals surface area contributed by atoms with E-state index in [4.69, 9.17) is 9.47 Å². The first kappa shape index (κ1) is 27.0. The molecule has 0 aromatic heterocycles. The van der Waals surface area contributed by atoms with Gasteiger partial charge >= 0.3 is 18.4 Å². The largest absolute Gasteiger partial charge is 0.573 e. The van der Waals surface area contributed by atoms with Crippen molar-refractivity contribution in [1.82, 2.24) is 0 Å². The van der Waals surface area contributed by atoms with Gasteiger partial charge in [-0.2, -0.15) is 0 Å². The fourth-order valence-corrected chi connectivity index (χ4v) is 4.31. The van der Waals surface area contributed by atoms with E-state index in [1.165, 1.54) is 12.1 Å². The molecule has 1 aliphatic carbocycles. The van der Waals surface area contributed by atoms with Crippen LogP contribution >= 0.6 is 0 Å². The number of anilines is 1. The van der Waals surface area contributed by atoms with Gasteiger partial charge in [-0.15, -0.1) is 13.2 Å². The molecule has 0 unspecified atom stereocenters. The number of amides is 1. The fraction of sp³-hybridized carbons (Fsp3) is 0.310. The lowest BCUT2D eigenvalue weighted by Crippen LogP contribution is -2.21. The van der Waals surface area contributed by atoms with Crippen LogP contribution in [0.4, 0.5) is 23.7 Å². The molecule has 0 saturated carbocycles. The van der Waals surface area contributed by atoms with Gasteiger partial charge in [-0.1, -0.05) is 75.4 Å². The quantitative estimate of drug-likeness (QED) is 0.252. The van der Waals surface area contributed by atoms with Crippen molar-refractivity contribution in [3.8, 4) is 22.6 Å². The van der Waals surface area contributed by atoms with Gasteiger partial charge in [-0.3, -0.25) is 10.1 Å². The molecule has 200 valence electrons. The summed E-state index contributed by atoms with van der Waals surface area (Å²) in [6.07, 6.45) is -5.53. The Morgan fingerprint density at radius 1 is 0.868 bits per heavy atom. The summed E-state index contributed by atoms with van der Waals surface area (Å²) < 4.78 is 53.8. The molecule has 0 atom stereocenters. The van der Waals surface area contributed by atoms with Gasteiger partial charge in [0.05, 0.1) is 5.69 Å². The summed E-state index contributed by atoms with van der Waals surface area (Å²) >= 11 is 0. The molecule has 3 aromatic carbocycles. The molecule has 3 aromatic rings. The smallest absolute Gasteiger partial charge is 0.448 e. The Kier molecular flexibility index (Phi) is 7.66. The van der Waals surface area contributed by atoms with E-state index in [2.05, 4.69) is 10.1 Å². The Balaban J connectivity index is 1.51. The molecule has 0 heterocycles. The summed E-state index contributed by atoms with van der Waals surface area (Å²) in [6, 6.07) is 19.2. The first-order valence-electron chi connectivity index (χ1n) is 12.1. The zero-order valence-corrected chi connectivity index (χ0v) is 21.2. The molecule has 38 heavy (non-hydrogen) atoms. The Labute approximate surface area is 218 Å².